The van der Waals surface area contributed by atoms with Gasteiger partial charge in [0.15, 0.2) is 4.90 Å². The van der Waals surface area contributed by atoms with Gasteiger partial charge in [0, 0.05) is 18.3 Å². The molecular formula is C11H18N4O4S. The van der Waals surface area contributed by atoms with Crippen LogP contribution in [0.4, 0.5) is 0 Å². The fourth-order valence-corrected chi connectivity index (χ4v) is 3.67. The summed E-state index contributed by atoms with van der Waals surface area (Å²) in [6.45, 7) is 0. The molecule has 1 heterocycles. The largest absolute Gasteiger partial charge is 0.326 e. The molecule has 0 saturated heterocycles. The highest BCUT2D eigenvalue weighted by atomic mass is 32.2. The van der Waals surface area contributed by atoms with Crippen LogP contribution in [0.3, 0.4) is 0 Å². The van der Waals surface area contributed by atoms with Crippen molar-refractivity contribution in [2.45, 2.75) is 49.1 Å². The molecule has 1 aliphatic rings. The van der Waals surface area contributed by atoms with Crippen LogP contribution in [0, 0.1) is 0 Å². The first kappa shape index (κ1) is 14.9. The average Bonchev–Trinajstić information content (AvgIpc) is 2.54. The molecule has 0 aliphatic heterocycles. The fraction of sp³-hybridized carbons (Fsp3) is 0.636. The minimum atomic E-state index is -4.00. The Morgan fingerprint density at radius 3 is 2.60 bits per heavy atom. The summed E-state index contributed by atoms with van der Waals surface area (Å²) in [5, 5.41) is 0. The summed E-state index contributed by atoms with van der Waals surface area (Å²) in [5.74, 6) is 0. The van der Waals surface area contributed by atoms with Gasteiger partial charge in [-0.3, -0.25) is 9.78 Å². The molecule has 0 amide bonds. The molecule has 9 heteroatoms. The van der Waals surface area contributed by atoms with Crippen LogP contribution in [0.5, 0.6) is 0 Å². The van der Waals surface area contributed by atoms with Gasteiger partial charge in [-0.15, -0.1) is 0 Å². The molecule has 0 radical (unpaired) electrons. The molecule has 0 bridgehead atoms. The summed E-state index contributed by atoms with van der Waals surface area (Å²) in [5.41, 5.74) is 4.26. The van der Waals surface area contributed by atoms with Crippen molar-refractivity contribution >= 4 is 10.0 Å². The van der Waals surface area contributed by atoms with E-state index in [0.717, 1.165) is 31.9 Å². The Morgan fingerprint density at radius 1 is 1.20 bits per heavy atom. The number of hydrogen-bond donors (Lipinski definition) is 4. The maximum atomic E-state index is 12.2. The van der Waals surface area contributed by atoms with Crippen molar-refractivity contribution < 1.29 is 8.42 Å². The van der Waals surface area contributed by atoms with Gasteiger partial charge in [0.25, 0.3) is 5.56 Å². The third-order valence-corrected chi connectivity index (χ3v) is 4.95. The van der Waals surface area contributed by atoms with Crippen LogP contribution in [-0.2, 0) is 10.0 Å². The topological polar surface area (TPSA) is 138 Å². The number of aromatic amines is 2. The van der Waals surface area contributed by atoms with Gasteiger partial charge < -0.3 is 10.7 Å². The zero-order valence-corrected chi connectivity index (χ0v) is 11.7. The zero-order chi connectivity index (χ0) is 14.8. The van der Waals surface area contributed by atoms with Crippen LogP contribution in [-0.4, -0.2) is 30.5 Å². The maximum absolute atomic E-state index is 12.2. The van der Waals surface area contributed by atoms with Crippen LogP contribution >= 0.6 is 0 Å². The summed E-state index contributed by atoms with van der Waals surface area (Å²) >= 11 is 0. The quantitative estimate of drug-likeness (QED) is 0.531. The standard InChI is InChI=1S/C11H18N4O4S/c12-7-4-2-1-3-5-8(7)15-20(18,19)9-6-13-11(17)14-10(9)16/h6-8,15H,1-5,12H2,(H2,13,14,16,17). The highest BCUT2D eigenvalue weighted by molar-refractivity contribution is 7.89. The highest BCUT2D eigenvalue weighted by Crippen LogP contribution is 2.18. The van der Waals surface area contributed by atoms with Crippen molar-refractivity contribution in [1.82, 2.24) is 14.7 Å². The Morgan fingerprint density at radius 2 is 1.90 bits per heavy atom. The van der Waals surface area contributed by atoms with Crippen LogP contribution in [0.2, 0.25) is 0 Å². The number of aromatic nitrogens is 2. The van der Waals surface area contributed by atoms with Gasteiger partial charge in [-0.1, -0.05) is 19.3 Å². The second-order valence-electron chi connectivity index (χ2n) is 4.97. The molecule has 112 valence electrons. The first-order valence-corrected chi connectivity index (χ1v) is 7.98. The Kier molecular flexibility index (Phi) is 4.41. The molecule has 0 spiro atoms. The summed E-state index contributed by atoms with van der Waals surface area (Å²) in [6, 6.07) is -0.664. The second-order valence-corrected chi connectivity index (χ2v) is 6.65. The van der Waals surface area contributed by atoms with E-state index in [-0.39, 0.29) is 6.04 Å². The third kappa shape index (κ3) is 3.35. The molecule has 8 nitrogen and oxygen atoms in total. The summed E-state index contributed by atoms with van der Waals surface area (Å²) in [6.07, 6.45) is 5.16. The number of nitrogens with one attached hydrogen (secondary N) is 3. The number of H-pyrrole nitrogens is 2. The molecule has 0 aromatic carbocycles. The van der Waals surface area contributed by atoms with E-state index >= 15 is 0 Å². The van der Waals surface area contributed by atoms with Crippen LogP contribution in [0.1, 0.15) is 32.1 Å². The molecule has 2 rings (SSSR count). The lowest BCUT2D eigenvalue weighted by molar-refractivity contribution is 0.455. The van der Waals surface area contributed by atoms with Crippen molar-refractivity contribution in [2.24, 2.45) is 5.73 Å². The monoisotopic (exact) mass is 302 g/mol. The molecule has 1 saturated carbocycles. The predicted molar refractivity (Wildman–Crippen MR) is 72.9 cm³/mol. The van der Waals surface area contributed by atoms with Crippen molar-refractivity contribution in [2.75, 3.05) is 0 Å². The van der Waals surface area contributed by atoms with Crippen molar-refractivity contribution in [3.63, 3.8) is 0 Å². The molecule has 1 aromatic heterocycles. The van der Waals surface area contributed by atoms with E-state index < -0.39 is 32.2 Å². The Hall–Kier alpha value is -1.45. The maximum Gasteiger partial charge on any atom is 0.325 e. The van der Waals surface area contributed by atoms with E-state index in [9.17, 15) is 18.0 Å². The SMILES string of the molecule is NC1CCCCCC1NS(=O)(=O)c1c[nH]c(=O)[nH]c1=O. The molecule has 2 unspecified atom stereocenters. The first-order chi connectivity index (χ1) is 9.40. The Balaban J connectivity index is 2.26. The van der Waals surface area contributed by atoms with Crippen LogP contribution in [0.15, 0.2) is 20.7 Å². The molecule has 1 aliphatic carbocycles. The lowest BCUT2D eigenvalue weighted by Crippen LogP contribution is -2.48. The Labute approximate surface area is 115 Å². The predicted octanol–water partition coefficient (Wildman–Crippen LogP) is -0.998. The smallest absolute Gasteiger partial charge is 0.325 e. The van der Waals surface area contributed by atoms with Crippen molar-refractivity contribution in [3.8, 4) is 0 Å². The lowest BCUT2D eigenvalue weighted by atomic mass is 10.1. The molecule has 20 heavy (non-hydrogen) atoms. The fourth-order valence-electron chi connectivity index (χ4n) is 2.34. The third-order valence-electron chi connectivity index (χ3n) is 3.45. The van der Waals surface area contributed by atoms with Gasteiger partial charge in [-0.25, -0.2) is 17.9 Å². The second kappa shape index (κ2) is 5.90. The molecule has 1 aromatic rings. The van der Waals surface area contributed by atoms with E-state index in [0.29, 0.717) is 6.42 Å². The minimum absolute atomic E-state index is 0.269. The summed E-state index contributed by atoms with van der Waals surface area (Å²) in [4.78, 5) is 26.0. The van der Waals surface area contributed by atoms with Crippen molar-refractivity contribution in [3.05, 3.63) is 27.0 Å². The normalized spacial score (nSPS) is 24.2. The summed E-state index contributed by atoms with van der Waals surface area (Å²) in [7, 11) is -4.00. The van der Waals surface area contributed by atoms with E-state index in [1.807, 2.05) is 4.98 Å². The Bertz CT molecular complexity index is 678. The first-order valence-electron chi connectivity index (χ1n) is 6.50. The minimum Gasteiger partial charge on any atom is -0.326 e. The van der Waals surface area contributed by atoms with Gasteiger partial charge >= 0.3 is 5.69 Å². The number of hydrogen-bond acceptors (Lipinski definition) is 5. The summed E-state index contributed by atoms with van der Waals surface area (Å²) < 4.78 is 26.8. The van der Waals surface area contributed by atoms with Gasteiger partial charge in [0.05, 0.1) is 0 Å². The number of sulfonamides is 1. The van der Waals surface area contributed by atoms with E-state index in [1.54, 1.807) is 0 Å². The molecule has 2 atom stereocenters. The molecular weight excluding hydrogens is 284 g/mol. The van der Waals surface area contributed by atoms with Gasteiger partial charge in [0.2, 0.25) is 10.0 Å². The number of rotatable bonds is 3. The van der Waals surface area contributed by atoms with Gasteiger partial charge in [-0.05, 0) is 12.8 Å². The van der Waals surface area contributed by atoms with E-state index in [2.05, 4.69) is 9.71 Å². The van der Waals surface area contributed by atoms with Crippen LogP contribution in [0.25, 0.3) is 0 Å². The van der Waals surface area contributed by atoms with E-state index in [1.165, 1.54) is 0 Å². The molecule has 5 N–H and O–H groups in total. The lowest BCUT2D eigenvalue weighted by Gasteiger charge is -2.22. The zero-order valence-electron chi connectivity index (χ0n) is 10.9. The highest BCUT2D eigenvalue weighted by Gasteiger charge is 2.27. The number of nitrogens with two attached hydrogens (primary N) is 1. The van der Waals surface area contributed by atoms with Gasteiger partial charge in [0.1, 0.15) is 0 Å². The van der Waals surface area contributed by atoms with Crippen molar-refractivity contribution in [1.29, 1.82) is 0 Å². The average molecular weight is 302 g/mol. The molecule has 1 fully saturated rings. The van der Waals surface area contributed by atoms with Gasteiger partial charge in [-0.2, -0.15) is 0 Å². The van der Waals surface area contributed by atoms with E-state index in [4.69, 9.17) is 5.73 Å². The van der Waals surface area contributed by atoms with Crippen LogP contribution < -0.4 is 21.7 Å².